The predicted octanol–water partition coefficient (Wildman–Crippen LogP) is 3.31. The first-order valence-corrected chi connectivity index (χ1v) is 7.46. The lowest BCUT2D eigenvalue weighted by Gasteiger charge is -2.31. The normalized spacial score (nSPS) is 24.8. The minimum atomic E-state index is -0.563. The highest BCUT2D eigenvalue weighted by Gasteiger charge is 2.38. The molecule has 1 heterocycles. The second kappa shape index (κ2) is 5.48. The zero-order chi connectivity index (χ0) is 15.1. The lowest BCUT2D eigenvalue weighted by Crippen LogP contribution is -2.35. The average Bonchev–Trinajstić information content (AvgIpc) is 2.82. The minimum Gasteiger partial charge on any atom is -0.396 e. The van der Waals surface area contributed by atoms with Crippen molar-refractivity contribution in [3.05, 3.63) is 33.0 Å². The molecular weight excluding hydrogens is 335 g/mol. The Kier molecular flexibility index (Phi) is 3.82. The maximum absolute atomic E-state index is 12.1. The van der Waals surface area contributed by atoms with Crippen molar-refractivity contribution in [3.8, 4) is 0 Å². The molecule has 1 saturated carbocycles. The van der Waals surface area contributed by atoms with Crippen LogP contribution in [0, 0.1) is 11.8 Å². The summed E-state index contributed by atoms with van der Waals surface area (Å²) < 4.78 is 0. The van der Waals surface area contributed by atoms with Gasteiger partial charge in [-0.1, -0.05) is 47.0 Å². The van der Waals surface area contributed by atoms with E-state index >= 15 is 0 Å². The maximum Gasteiger partial charge on any atom is 0.291 e. The largest absolute Gasteiger partial charge is 0.396 e. The molecule has 0 aliphatic heterocycles. The van der Waals surface area contributed by atoms with E-state index in [1.807, 2.05) is 0 Å². The molecule has 1 aromatic heterocycles. The van der Waals surface area contributed by atoms with E-state index in [0.717, 1.165) is 18.6 Å². The summed E-state index contributed by atoms with van der Waals surface area (Å²) in [5, 5.41) is 4.06. The molecule has 1 amide bonds. The third-order valence-electron chi connectivity index (χ3n) is 3.75. The van der Waals surface area contributed by atoms with Crippen LogP contribution in [0.25, 0.3) is 0 Å². The number of carbonyl (C=O) groups is 1. The Morgan fingerprint density at radius 2 is 2.14 bits per heavy atom. The summed E-state index contributed by atoms with van der Waals surface area (Å²) in [6, 6.07) is 0. The summed E-state index contributed by atoms with van der Waals surface area (Å²) in [5.74, 6) is 0.405. The second-order valence-electron chi connectivity index (χ2n) is 4.98. The number of nitrogens with two attached hydrogens (primary N) is 1. The number of nitrogens with zero attached hydrogens (tertiary/aromatic N) is 2. The molecule has 1 fully saturated rings. The van der Waals surface area contributed by atoms with Crippen LogP contribution < -0.4 is 11.2 Å². The number of halogens is 3. The zero-order valence-electron chi connectivity index (χ0n) is 10.7. The lowest BCUT2D eigenvalue weighted by molar-refractivity contribution is 0.0949. The highest BCUT2D eigenvalue weighted by atomic mass is 35.5. The lowest BCUT2D eigenvalue weighted by atomic mass is 9.74. The molecule has 0 aromatic carbocycles. The second-order valence-corrected chi connectivity index (χ2v) is 6.09. The standard InChI is InChI=1S/C13H11Cl3N4O/c14-8-10(17)9(15)12(16)18-11(8)13(21)20-19-7-4-5-2-1-3-6(5)7/h1-2,5-6H,3-4H2,(H2,17,18)(H,20,21)/b19-7+/t5-,6+/m0/s1. The number of aromatic nitrogens is 1. The van der Waals surface area contributed by atoms with E-state index in [-0.39, 0.29) is 26.6 Å². The van der Waals surface area contributed by atoms with Gasteiger partial charge in [0, 0.05) is 11.6 Å². The number of nitrogens with one attached hydrogen (secondary N) is 1. The topological polar surface area (TPSA) is 80.4 Å². The van der Waals surface area contributed by atoms with Gasteiger partial charge in [0.1, 0.15) is 5.02 Å². The molecule has 0 radical (unpaired) electrons. The van der Waals surface area contributed by atoms with Crippen LogP contribution in [-0.2, 0) is 0 Å². The molecule has 2 aliphatic carbocycles. The van der Waals surface area contributed by atoms with Crippen molar-refractivity contribution < 1.29 is 4.79 Å². The molecule has 21 heavy (non-hydrogen) atoms. The Morgan fingerprint density at radius 1 is 1.38 bits per heavy atom. The molecule has 110 valence electrons. The minimum absolute atomic E-state index is 0.0276. The number of hydrogen-bond donors (Lipinski definition) is 2. The summed E-state index contributed by atoms with van der Waals surface area (Å²) in [6.07, 6.45) is 6.16. The molecule has 1 aromatic rings. The first kappa shape index (κ1) is 14.6. The van der Waals surface area contributed by atoms with Crippen LogP contribution in [0.2, 0.25) is 15.2 Å². The van der Waals surface area contributed by atoms with E-state index in [9.17, 15) is 4.79 Å². The molecule has 2 aliphatic rings. The Bertz CT molecular complexity index is 686. The molecule has 0 saturated heterocycles. The zero-order valence-corrected chi connectivity index (χ0v) is 13.0. The average molecular weight is 346 g/mol. The van der Waals surface area contributed by atoms with Crippen molar-refractivity contribution in [1.29, 1.82) is 0 Å². The van der Waals surface area contributed by atoms with E-state index in [0.29, 0.717) is 11.8 Å². The summed E-state index contributed by atoms with van der Waals surface area (Å²) in [5.41, 5.74) is 9.03. The number of anilines is 1. The highest BCUT2D eigenvalue weighted by Crippen LogP contribution is 2.40. The van der Waals surface area contributed by atoms with Crippen LogP contribution in [0.1, 0.15) is 23.3 Å². The first-order valence-electron chi connectivity index (χ1n) is 6.32. The number of hydrogen-bond acceptors (Lipinski definition) is 4. The number of pyridine rings is 1. The van der Waals surface area contributed by atoms with Gasteiger partial charge in [-0.25, -0.2) is 10.4 Å². The fourth-order valence-corrected chi connectivity index (χ4v) is 3.11. The molecule has 8 heteroatoms. The van der Waals surface area contributed by atoms with Crippen molar-refractivity contribution >= 4 is 52.1 Å². The van der Waals surface area contributed by atoms with E-state index < -0.39 is 5.91 Å². The number of nitrogen functional groups attached to an aromatic ring is 1. The van der Waals surface area contributed by atoms with E-state index in [4.69, 9.17) is 40.5 Å². The van der Waals surface area contributed by atoms with Crippen molar-refractivity contribution in [2.45, 2.75) is 12.8 Å². The van der Waals surface area contributed by atoms with Crippen molar-refractivity contribution in [2.75, 3.05) is 5.73 Å². The third kappa shape index (κ3) is 2.50. The Labute approximate surface area is 136 Å². The Morgan fingerprint density at radius 3 is 2.86 bits per heavy atom. The summed E-state index contributed by atoms with van der Waals surface area (Å²) in [6.45, 7) is 0. The van der Waals surface area contributed by atoms with Crippen LogP contribution in [0.5, 0.6) is 0 Å². The van der Waals surface area contributed by atoms with Crippen LogP contribution in [-0.4, -0.2) is 16.6 Å². The fourth-order valence-electron chi connectivity index (χ4n) is 2.52. The van der Waals surface area contributed by atoms with Gasteiger partial charge >= 0.3 is 0 Å². The third-order valence-corrected chi connectivity index (χ3v) is 4.89. The molecule has 0 unspecified atom stereocenters. The van der Waals surface area contributed by atoms with Gasteiger partial charge in [0.05, 0.1) is 10.7 Å². The van der Waals surface area contributed by atoms with Crippen LogP contribution in [0.15, 0.2) is 17.3 Å². The molecule has 3 N–H and O–H groups in total. The molecule has 0 bridgehead atoms. The number of fused-ring (bicyclic) bond motifs is 1. The SMILES string of the molecule is Nc1c(Cl)c(Cl)nc(C(=O)N/N=C2\C[C@@H]3C=CC[C@@H]23)c1Cl. The molecule has 0 spiro atoms. The van der Waals surface area contributed by atoms with Crippen LogP contribution in [0.4, 0.5) is 5.69 Å². The number of hydrazone groups is 1. The van der Waals surface area contributed by atoms with E-state index in [1.165, 1.54) is 0 Å². The monoisotopic (exact) mass is 344 g/mol. The number of amides is 1. The number of rotatable bonds is 2. The van der Waals surface area contributed by atoms with Crippen molar-refractivity contribution in [3.63, 3.8) is 0 Å². The molecular formula is C13H11Cl3N4O. The van der Waals surface area contributed by atoms with Crippen molar-refractivity contribution in [2.24, 2.45) is 16.9 Å². The van der Waals surface area contributed by atoms with Crippen LogP contribution >= 0.6 is 34.8 Å². The van der Waals surface area contributed by atoms with Gasteiger partial charge in [-0.2, -0.15) is 5.10 Å². The van der Waals surface area contributed by atoms with Gasteiger partial charge in [-0.15, -0.1) is 0 Å². The van der Waals surface area contributed by atoms with Gasteiger partial charge in [0.2, 0.25) is 0 Å². The molecule has 5 nitrogen and oxygen atoms in total. The van der Waals surface area contributed by atoms with Gasteiger partial charge < -0.3 is 5.73 Å². The van der Waals surface area contributed by atoms with Gasteiger partial charge in [-0.05, 0) is 18.8 Å². The van der Waals surface area contributed by atoms with Gasteiger partial charge in [0.25, 0.3) is 5.91 Å². The van der Waals surface area contributed by atoms with E-state index in [1.54, 1.807) is 0 Å². The van der Waals surface area contributed by atoms with Gasteiger partial charge in [-0.3, -0.25) is 4.79 Å². The quantitative estimate of drug-likeness (QED) is 0.490. The summed E-state index contributed by atoms with van der Waals surface area (Å²) in [4.78, 5) is 15.9. The number of carbonyl (C=O) groups excluding carboxylic acids is 1. The van der Waals surface area contributed by atoms with E-state index in [2.05, 4.69) is 27.7 Å². The van der Waals surface area contributed by atoms with Crippen LogP contribution in [0.3, 0.4) is 0 Å². The highest BCUT2D eigenvalue weighted by molar-refractivity contribution is 6.46. The summed E-state index contributed by atoms with van der Waals surface area (Å²) >= 11 is 17.6. The molecule has 2 atom stereocenters. The Hall–Kier alpha value is -1.30. The fraction of sp³-hybridized carbons (Fsp3) is 0.308. The first-order chi connectivity index (χ1) is 9.99. The molecule has 3 rings (SSSR count). The maximum atomic E-state index is 12.1. The van der Waals surface area contributed by atoms with Crippen molar-refractivity contribution in [1.82, 2.24) is 10.4 Å². The Balaban J connectivity index is 1.76. The smallest absolute Gasteiger partial charge is 0.291 e. The predicted molar refractivity (Wildman–Crippen MR) is 83.9 cm³/mol. The number of allylic oxidation sites excluding steroid dienone is 2. The summed E-state index contributed by atoms with van der Waals surface area (Å²) in [7, 11) is 0. The van der Waals surface area contributed by atoms with Gasteiger partial charge in [0.15, 0.2) is 10.8 Å².